The van der Waals surface area contributed by atoms with Crippen molar-refractivity contribution in [3.63, 3.8) is 0 Å². The van der Waals surface area contributed by atoms with Crippen LogP contribution in [0.4, 0.5) is 10.1 Å². The van der Waals surface area contributed by atoms with Crippen molar-refractivity contribution in [2.24, 2.45) is 0 Å². The van der Waals surface area contributed by atoms with E-state index in [1.165, 1.54) is 12.1 Å². The number of nitrogens with zero attached hydrogens (tertiary/aromatic N) is 1. The molecule has 0 radical (unpaired) electrons. The summed E-state index contributed by atoms with van der Waals surface area (Å²) in [5.41, 5.74) is 0.142. The van der Waals surface area contributed by atoms with Crippen LogP contribution < -0.4 is 5.32 Å². The summed E-state index contributed by atoms with van der Waals surface area (Å²) in [6, 6.07) is 4.29. The maximum atomic E-state index is 13.7. The number of rotatable bonds is 6. The summed E-state index contributed by atoms with van der Waals surface area (Å²) in [7, 11) is 0. The maximum Gasteiger partial charge on any atom is 0.225 e. The van der Waals surface area contributed by atoms with Gasteiger partial charge in [0.2, 0.25) is 5.91 Å². The van der Waals surface area contributed by atoms with Crippen LogP contribution in [0.1, 0.15) is 39.0 Å². The Balaban J connectivity index is 1.87. The number of anilines is 1. The molecule has 1 amide bonds. The number of carbonyl (C=O) groups excluding carboxylic acids is 1. The Morgan fingerprint density at radius 3 is 3.00 bits per heavy atom. The molecule has 2 rings (SSSR count). The molecule has 1 aromatic carbocycles. The van der Waals surface area contributed by atoms with Crippen LogP contribution in [-0.4, -0.2) is 41.1 Å². The molecule has 6 heteroatoms. The molecule has 0 bridgehead atoms. The average Bonchev–Trinajstić information content (AvgIpc) is 2.55. The van der Waals surface area contributed by atoms with Crippen LogP contribution in [0, 0.1) is 5.82 Å². The van der Waals surface area contributed by atoms with Crippen LogP contribution in [0.5, 0.6) is 0 Å². The summed E-state index contributed by atoms with van der Waals surface area (Å²) < 4.78 is 13.7. The fourth-order valence-electron chi connectivity index (χ4n) is 3.05. The van der Waals surface area contributed by atoms with Crippen molar-refractivity contribution in [2.45, 2.75) is 51.2 Å². The Kier molecular flexibility index (Phi) is 6.81. The molecule has 1 aliphatic heterocycles. The first-order valence-corrected chi connectivity index (χ1v) is 8.56. The van der Waals surface area contributed by atoms with E-state index in [9.17, 15) is 14.3 Å². The smallest absolute Gasteiger partial charge is 0.225 e. The Hall–Kier alpha value is -1.17. The van der Waals surface area contributed by atoms with E-state index in [1.807, 2.05) is 6.92 Å². The molecule has 2 unspecified atom stereocenters. The zero-order valence-electron chi connectivity index (χ0n) is 13.4. The van der Waals surface area contributed by atoms with E-state index in [0.29, 0.717) is 18.0 Å². The van der Waals surface area contributed by atoms with E-state index >= 15 is 0 Å². The first-order valence-electron chi connectivity index (χ1n) is 8.18. The van der Waals surface area contributed by atoms with E-state index in [4.69, 9.17) is 11.6 Å². The minimum atomic E-state index is -0.539. The first kappa shape index (κ1) is 18.2. The summed E-state index contributed by atoms with van der Waals surface area (Å²) >= 11 is 5.69. The number of halogens is 2. The van der Waals surface area contributed by atoms with Gasteiger partial charge in [-0.05, 0) is 44.0 Å². The fraction of sp³-hybridized carbons (Fsp3) is 0.588. The predicted octanol–water partition coefficient (Wildman–Crippen LogP) is 3.43. The van der Waals surface area contributed by atoms with Gasteiger partial charge < -0.3 is 10.4 Å². The van der Waals surface area contributed by atoms with Gasteiger partial charge in [0.15, 0.2) is 0 Å². The largest absolute Gasteiger partial charge is 0.392 e. The molecule has 1 aliphatic rings. The summed E-state index contributed by atoms with van der Waals surface area (Å²) in [5.74, 6) is -0.773. The van der Waals surface area contributed by atoms with Gasteiger partial charge in [-0.1, -0.05) is 24.9 Å². The number of aliphatic hydroxyl groups is 1. The molecule has 4 nitrogen and oxygen atoms in total. The van der Waals surface area contributed by atoms with Crippen molar-refractivity contribution in [1.29, 1.82) is 0 Å². The third-order valence-corrected chi connectivity index (χ3v) is 4.59. The van der Waals surface area contributed by atoms with Gasteiger partial charge in [-0.25, -0.2) is 4.39 Å². The Morgan fingerprint density at radius 1 is 1.52 bits per heavy atom. The summed E-state index contributed by atoms with van der Waals surface area (Å²) in [6.07, 6.45) is 3.79. The number of amides is 1. The van der Waals surface area contributed by atoms with E-state index in [-0.39, 0.29) is 30.2 Å². The van der Waals surface area contributed by atoms with Gasteiger partial charge in [0.05, 0.1) is 11.8 Å². The van der Waals surface area contributed by atoms with Gasteiger partial charge in [0.1, 0.15) is 5.82 Å². The number of aliphatic hydroxyl groups excluding tert-OH is 1. The molecule has 1 heterocycles. The van der Waals surface area contributed by atoms with Gasteiger partial charge >= 0.3 is 0 Å². The number of carbonyl (C=O) groups is 1. The van der Waals surface area contributed by atoms with Crippen molar-refractivity contribution >= 4 is 23.2 Å². The number of likely N-dealkylation sites (tertiary alicyclic amines) is 1. The molecular formula is C17H24ClFN2O2. The molecule has 128 valence electrons. The van der Waals surface area contributed by atoms with Crippen molar-refractivity contribution in [2.75, 3.05) is 18.4 Å². The highest BCUT2D eigenvalue weighted by atomic mass is 35.5. The lowest BCUT2D eigenvalue weighted by molar-refractivity contribution is -0.117. The van der Waals surface area contributed by atoms with Crippen molar-refractivity contribution in [3.8, 4) is 0 Å². The molecule has 1 aromatic rings. The van der Waals surface area contributed by atoms with Gasteiger partial charge in [-0.2, -0.15) is 0 Å². The second-order valence-electron chi connectivity index (χ2n) is 6.00. The standard InChI is InChI=1S/C17H24ClFN2O2/c1-2-16(22)15-5-3-4-9-21(15)10-8-17(23)20-14-7-6-12(18)11-13(14)19/h6-7,11,15-16,22H,2-5,8-10H2,1H3,(H,20,23). The number of hydrogen-bond acceptors (Lipinski definition) is 3. The minimum Gasteiger partial charge on any atom is -0.392 e. The second kappa shape index (κ2) is 8.62. The predicted molar refractivity (Wildman–Crippen MR) is 90.2 cm³/mol. The quantitative estimate of drug-likeness (QED) is 0.832. The molecule has 23 heavy (non-hydrogen) atoms. The zero-order chi connectivity index (χ0) is 16.8. The molecule has 0 aliphatic carbocycles. The van der Waals surface area contributed by atoms with Crippen molar-refractivity contribution < 1.29 is 14.3 Å². The highest BCUT2D eigenvalue weighted by molar-refractivity contribution is 6.30. The highest BCUT2D eigenvalue weighted by Gasteiger charge is 2.27. The third-order valence-electron chi connectivity index (χ3n) is 4.36. The van der Waals surface area contributed by atoms with E-state index in [0.717, 1.165) is 25.8 Å². The molecule has 1 saturated heterocycles. The fourth-order valence-corrected chi connectivity index (χ4v) is 3.21. The molecular weight excluding hydrogens is 319 g/mol. The van der Waals surface area contributed by atoms with E-state index in [2.05, 4.69) is 10.2 Å². The number of hydrogen-bond donors (Lipinski definition) is 2. The van der Waals surface area contributed by atoms with E-state index < -0.39 is 5.82 Å². The van der Waals surface area contributed by atoms with Gasteiger partial charge in [0.25, 0.3) is 0 Å². The number of piperidine rings is 1. The monoisotopic (exact) mass is 342 g/mol. The third kappa shape index (κ3) is 5.16. The normalized spacial score (nSPS) is 20.3. The molecule has 0 spiro atoms. The molecule has 2 atom stereocenters. The number of benzene rings is 1. The summed E-state index contributed by atoms with van der Waals surface area (Å²) in [4.78, 5) is 14.2. The lowest BCUT2D eigenvalue weighted by Crippen LogP contribution is -2.47. The first-order chi connectivity index (χ1) is 11.0. The molecule has 2 N–H and O–H groups in total. The van der Waals surface area contributed by atoms with Crippen molar-refractivity contribution in [3.05, 3.63) is 29.0 Å². The zero-order valence-corrected chi connectivity index (χ0v) is 14.2. The Labute approximate surface area is 141 Å². The van der Waals surface area contributed by atoms with Crippen LogP contribution >= 0.6 is 11.6 Å². The topological polar surface area (TPSA) is 52.6 Å². The Bertz CT molecular complexity index is 541. The lowest BCUT2D eigenvalue weighted by atomic mass is 9.96. The minimum absolute atomic E-state index is 0.119. The van der Waals surface area contributed by atoms with Crippen LogP contribution in [-0.2, 0) is 4.79 Å². The van der Waals surface area contributed by atoms with Crippen LogP contribution in [0.2, 0.25) is 5.02 Å². The molecule has 0 saturated carbocycles. The Morgan fingerprint density at radius 2 is 2.30 bits per heavy atom. The van der Waals surface area contributed by atoms with Gasteiger partial charge in [-0.15, -0.1) is 0 Å². The molecule has 0 aromatic heterocycles. The van der Waals surface area contributed by atoms with Crippen LogP contribution in [0.3, 0.4) is 0 Å². The lowest BCUT2D eigenvalue weighted by Gasteiger charge is -2.38. The van der Waals surface area contributed by atoms with Gasteiger partial charge in [0, 0.05) is 24.0 Å². The van der Waals surface area contributed by atoms with Crippen molar-refractivity contribution in [1.82, 2.24) is 4.90 Å². The summed E-state index contributed by atoms with van der Waals surface area (Å²) in [5, 5.41) is 13.0. The van der Waals surface area contributed by atoms with Crippen LogP contribution in [0.15, 0.2) is 18.2 Å². The van der Waals surface area contributed by atoms with Gasteiger partial charge in [-0.3, -0.25) is 9.69 Å². The summed E-state index contributed by atoms with van der Waals surface area (Å²) in [6.45, 7) is 3.43. The SMILES string of the molecule is CCC(O)C1CCCCN1CCC(=O)Nc1ccc(Cl)cc1F. The maximum absolute atomic E-state index is 13.7. The van der Waals surface area contributed by atoms with Crippen LogP contribution in [0.25, 0.3) is 0 Å². The number of nitrogens with one attached hydrogen (secondary N) is 1. The highest BCUT2D eigenvalue weighted by Crippen LogP contribution is 2.22. The second-order valence-corrected chi connectivity index (χ2v) is 6.43. The van der Waals surface area contributed by atoms with E-state index in [1.54, 1.807) is 6.07 Å². The molecule has 1 fully saturated rings. The average molecular weight is 343 g/mol.